The van der Waals surface area contributed by atoms with Gasteiger partial charge < -0.3 is 10.6 Å². The Labute approximate surface area is 99.5 Å². The molecule has 1 aromatic rings. The maximum atomic E-state index is 5.84. The molecule has 0 radical (unpaired) electrons. The molecular formula is C14H24N2. The van der Waals surface area contributed by atoms with Gasteiger partial charge in [0.2, 0.25) is 0 Å². The molecule has 1 atom stereocenters. The summed E-state index contributed by atoms with van der Waals surface area (Å²) >= 11 is 0. The van der Waals surface area contributed by atoms with Gasteiger partial charge in [0.25, 0.3) is 0 Å². The fourth-order valence-electron chi connectivity index (χ4n) is 1.90. The zero-order valence-corrected chi connectivity index (χ0v) is 10.7. The molecule has 0 fully saturated rings. The molecule has 0 saturated heterocycles. The van der Waals surface area contributed by atoms with E-state index >= 15 is 0 Å². The van der Waals surface area contributed by atoms with Crippen molar-refractivity contribution in [3.05, 3.63) is 29.8 Å². The summed E-state index contributed by atoms with van der Waals surface area (Å²) in [6.07, 6.45) is 2.38. The van der Waals surface area contributed by atoms with E-state index < -0.39 is 0 Å². The number of hydrogen-bond acceptors (Lipinski definition) is 2. The van der Waals surface area contributed by atoms with Crippen LogP contribution in [0.3, 0.4) is 0 Å². The Morgan fingerprint density at radius 3 is 1.94 bits per heavy atom. The summed E-state index contributed by atoms with van der Waals surface area (Å²) < 4.78 is 0. The van der Waals surface area contributed by atoms with Crippen LogP contribution in [0, 0.1) is 0 Å². The molecule has 0 bridgehead atoms. The number of rotatable bonds is 6. The van der Waals surface area contributed by atoms with Gasteiger partial charge in [-0.2, -0.15) is 0 Å². The second-order valence-electron chi connectivity index (χ2n) is 4.37. The SMILES string of the molecule is CCCN(CCC)c1ccc([C@@H](C)N)cc1. The lowest BCUT2D eigenvalue weighted by Crippen LogP contribution is -2.24. The van der Waals surface area contributed by atoms with Crippen molar-refractivity contribution >= 4 is 5.69 Å². The first-order chi connectivity index (χ1) is 7.69. The molecule has 0 amide bonds. The van der Waals surface area contributed by atoms with Crippen LogP contribution in [0.1, 0.15) is 45.2 Å². The fraction of sp³-hybridized carbons (Fsp3) is 0.571. The van der Waals surface area contributed by atoms with E-state index in [-0.39, 0.29) is 6.04 Å². The van der Waals surface area contributed by atoms with Crippen LogP contribution < -0.4 is 10.6 Å². The minimum Gasteiger partial charge on any atom is -0.372 e. The van der Waals surface area contributed by atoms with Gasteiger partial charge in [0.15, 0.2) is 0 Å². The smallest absolute Gasteiger partial charge is 0.0366 e. The maximum absolute atomic E-state index is 5.84. The Hall–Kier alpha value is -1.02. The molecule has 2 nitrogen and oxygen atoms in total. The molecule has 16 heavy (non-hydrogen) atoms. The predicted molar refractivity (Wildman–Crippen MR) is 71.8 cm³/mol. The lowest BCUT2D eigenvalue weighted by Gasteiger charge is -2.24. The summed E-state index contributed by atoms with van der Waals surface area (Å²) in [5.41, 5.74) is 8.36. The minimum absolute atomic E-state index is 0.125. The maximum Gasteiger partial charge on any atom is 0.0366 e. The average Bonchev–Trinajstić information content (AvgIpc) is 2.29. The van der Waals surface area contributed by atoms with Gasteiger partial charge in [0.05, 0.1) is 0 Å². The monoisotopic (exact) mass is 220 g/mol. The number of hydrogen-bond donors (Lipinski definition) is 1. The predicted octanol–water partition coefficient (Wildman–Crippen LogP) is 3.33. The second-order valence-corrected chi connectivity index (χ2v) is 4.37. The third kappa shape index (κ3) is 3.53. The Kier molecular flexibility index (Phi) is 5.33. The van der Waals surface area contributed by atoms with Gasteiger partial charge in [-0.15, -0.1) is 0 Å². The van der Waals surface area contributed by atoms with E-state index in [0.29, 0.717) is 0 Å². The second kappa shape index (κ2) is 6.54. The van der Waals surface area contributed by atoms with Crippen LogP contribution in [0.15, 0.2) is 24.3 Å². The molecule has 2 heteroatoms. The lowest BCUT2D eigenvalue weighted by molar-refractivity contribution is 0.743. The minimum atomic E-state index is 0.125. The summed E-state index contributed by atoms with van der Waals surface area (Å²) in [5.74, 6) is 0. The fourth-order valence-corrected chi connectivity index (χ4v) is 1.90. The summed E-state index contributed by atoms with van der Waals surface area (Å²) in [6, 6.07) is 8.77. The van der Waals surface area contributed by atoms with Gasteiger partial charge >= 0.3 is 0 Å². The molecule has 0 aliphatic rings. The average molecular weight is 220 g/mol. The summed E-state index contributed by atoms with van der Waals surface area (Å²) in [5, 5.41) is 0. The van der Waals surface area contributed by atoms with Gasteiger partial charge in [0, 0.05) is 24.8 Å². The highest BCUT2D eigenvalue weighted by molar-refractivity contribution is 5.47. The van der Waals surface area contributed by atoms with E-state index in [9.17, 15) is 0 Å². The van der Waals surface area contributed by atoms with Crippen LogP contribution >= 0.6 is 0 Å². The van der Waals surface area contributed by atoms with E-state index in [0.717, 1.165) is 13.1 Å². The largest absolute Gasteiger partial charge is 0.372 e. The molecule has 1 rings (SSSR count). The van der Waals surface area contributed by atoms with E-state index in [1.54, 1.807) is 0 Å². The third-order valence-electron chi connectivity index (χ3n) is 2.77. The summed E-state index contributed by atoms with van der Waals surface area (Å²) in [4.78, 5) is 2.44. The van der Waals surface area contributed by atoms with Crippen molar-refractivity contribution in [1.29, 1.82) is 0 Å². The van der Waals surface area contributed by atoms with Crippen LogP contribution in [-0.2, 0) is 0 Å². The van der Waals surface area contributed by atoms with Crippen LogP contribution in [0.4, 0.5) is 5.69 Å². The topological polar surface area (TPSA) is 29.3 Å². The summed E-state index contributed by atoms with van der Waals surface area (Å²) in [7, 11) is 0. The van der Waals surface area contributed by atoms with Crippen LogP contribution in [0.2, 0.25) is 0 Å². The Morgan fingerprint density at radius 2 is 1.56 bits per heavy atom. The van der Waals surface area contributed by atoms with Gasteiger partial charge in [-0.3, -0.25) is 0 Å². The van der Waals surface area contributed by atoms with Crippen molar-refractivity contribution in [2.45, 2.75) is 39.7 Å². The highest BCUT2D eigenvalue weighted by Gasteiger charge is 2.05. The van der Waals surface area contributed by atoms with Crippen LogP contribution in [0.25, 0.3) is 0 Å². The number of nitrogens with zero attached hydrogens (tertiary/aromatic N) is 1. The molecule has 0 heterocycles. The molecule has 1 aromatic carbocycles. The van der Waals surface area contributed by atoms with Crippen molar-refractivity contribution in [3.8, 4) is 0 Å². The zero-order valence-electron chi connectivity index (χ0n) is 10.7. The first-order valence-electron chi connectivity index (χ1n) is 6.29. The molecule has 0 saturated carbocycles. The molecule has 2 N–H and O–H groups in total. The zero-order chi connectivity index (χ0) is 12.0. The quantitative estimate of drug-likeness (QED) is 0.796. The number of nitrogens with two attached hydrogens (primary N) is 1. The molecule has 0 aliphatic carbocycles. The van der Waals surface area contributed by atoms with Gasteiger partial charge in [-0.05, 0) is 37.5 Å². The first kappa shape index (κ1) is 13.0. The van der Waals surface area contributed by atoms with E-state index in [1.807, 2.05) is 6.92 Å². The molecular weight excluding hydrogens is 196 g/mol. The lowest BCUT2D eigenvalue weighted by atomic mass is 10.1. The third-order valence-corrected chi connectivity index (χ3v) is 2.77. The van der Waals surface area contributed by atoms with E-state index in [2.05, 4.69) is 43.0 Å². The Balaban J connectivity index is 2.76. The highest BCUT2D eigenvalue weighted by Crippen LogP contribution is 2.18. The molecule has 0 aromatic heterocycles. The van der Waals surface area contributed by atoms with Crippen molar-refractivity contribution in [2.75, 3.05) is 18.0 Å². The normalized spacial score (nSPS) is 12.5. The van der Waals surface area contributed by atoms with Gasteiger partial charge in [0.1, 0.15) is 0 Å². The van der Waals surface area contributed by atoms with Crippen molar-refractivity contribution in [3.63, 3.8) is 0 Å². The van der Waals surface area contributed by atoms with E-state index in [4.69, 9.17) is 5.73 Å². The summed E-state index contributed by atoms with van der Waals surface area (Å²) in [6.45, 7) is 8.72. The van der Waals surface area contributed by atoms with Gasteiger partial charge in [-0.1, -0.05) is 26.0 Å². The van der Waals surface area contributed by atoms with Crippen LogP contribution in [-0.4, -0.2) is 13.1 Å². The molecule has 0 aliphatic heterocycles. The van der Waals surface area contributed by atoms with Gasteiger partial charge in [-0.25, -0.2) is 0 Å². The van der Waals surface area contributed by atoms with Crippen molar-refractivity contribution in [2.24, 2.45) is 5.73 Å². The Morgan fingerprint density at radius 1 is 1.06 bits per heavy atom. The molecule has 0 spiro atoms. The van der Waals surface area contributed by atoms with Crippen molar-refractivity contribution in [1.82, 2.24) is 0 Å². The van der Waals surface area contributed by atoms with E-state index in [1.165, 1.54) is 24.1 Å². The van der Waals surface area contributed by atoms with Crippen molar-refractivity contribution < 1.29 is 0 Å². The standard InChI is InChI=1S/C14H24N2/c1-4-10-16(11-5-2)14-8-6-13(7-9-14)12(3)15/h6-9,12H,4-5,10-11,15H2,1-3H3/t12-/m1/s1. The number of anilines is 1. The molecule has 90 valence electrons. The molecule has 0 unspecified atom stereocenters. The van der Waals surface area contributed by atoms with Crippen LogP contribution in [0.5, 0.6) is 0 Å². The number of benzene rings is 1. The highest BCUT2D eigenvalue weighted by atomic mass is 15.1. The first-order valence-corrected chi connectivity index (χ1v) is 6.29. The Bertz CT molecular complexity index is 284.